The Balaban J connectivity index is 1.55. The van der Waals surface area contributed by atoms with Crippen LogP contribution >= 0.6 is 15.9 Å². The van der Waals surface area contributed by atoms with Gasteiger partial charge >= 0.3 is 6.03 Å². The zero-order chi connectivity index (χ0) is 18.3. The topological polar surface area (TPSA) is 55.9 Å². The van der Waals surface area contributed by atoms with Gasteiger partial charge in [-0.3, -0.25) is 19.6 Å². The summed E-state index contributed by atoms with van der Waals surface area (Å²) in [5.41, 5.74) is 5.93. The molecule has 3 amide bonds. The second-order valence-corrected chi connectivity index (χ2v) is 7.13. The fourth-order valence-electron chi connectivity index (χ4n) is 3.07. The SMILES string of the molecule is Cc1ccccc1CN1NC2C(=O)N(c3ccc(Br)cc3)C=CN2C1=O. The van der Waals surface area contributed by atoms with Crippen molar-refractivity contribution in [2.75, 3.05) is 4.90 Å². The third-order valence-corrected chi connectivity index (χ3v) is 5.08. The first-order valence-electron chi connectivity index (χ1n) is 8.22. The number of anilines is 1. The molecule has 26 heavy (non-hydrogen) atoms. The first-order valence-corrected chi connectivity index (χ1v) is 9.01. The molecule has 0 radical (unpaired) electrons. The van der Waals surface area contributed by atoms with E-state index in [4.69, 9.17) is 0 Å². The normalized spacial score (nSPS) is 19.3. The lowest BCUT2D eigenvalue weighted by Crippen LogP contribution is -2.51. The van der Waals surface area contributed by atoms with Crippen LogP contribution in [0.15, 0.2) is 65.4 Å². The maximum atomic E-state index is 12.9. The average Bonchev–Trinajstić information content (AvgIpc) is 2.95. The Bertz CT molecular complexity index is 897. The van der Waals surface area contributed by atoms with E-state index >= 15 is 0 Å². The molecule has 1 fully saturated rings. The minimum absolute atomic E-state index is 0.199. The van der Waals surface area contributed by atoms with Crippen molar-refractivity contribution in [2.24, 2.45) is 0 Å². The van der Waals surface area contributed by atoms with Gasteiger partial charge in [-0.15, -0.1) is 0 Å². The molecule has 0 aromatic heterocycles. The van der Waals surface area contributed by atoms with Gasteiger partial charge in [-0.25, -0.2) is 4.79 Å². The van der Waals surface area contributed by atoms with Crippen LogP contribution in [-0.4, -0.2) is 28.0 Å². The van der Waals surface area contributed by atoms with E-state index in [-0.39, 0.29) is 11.9 Å². The molecule has 0 bridgehead atoms. The largest absolute Gasteiger partial charge is 0.340 e. The number of nitrogens with zero attached hydrogens (tertiary/aromatic N) is 3. The number of nitrogens with one attached hydrogen (secondary N) is 1. The summed E-state index contributed by atoms with van der Waals surface area (Å²) in [6, 6.07) is 15.1. The summed E-state index contributed by atoms with van der Waals surface area (Å²) in [6.45, 7) is 2.40. The van der Waals surface area contributed by atoms with Gasteiger partial charge in [0.15, 0.2) is 6.17 Å². The zero-order valence-electron chi connectivity index (χ0n) is 14.1. The number of urea groups is 1. The number of amides is 3. The summed E-state index contributed by atoms with van der Waals surface area (Å²) in [5.74, 6) is -0.199. The van der Waals surface area contributed by atoms with Gasteiger partial charge in [-0.1, -0.05) is 40.2 Å². The summed E-state index contributed by atoms with van der Waals surface area (Å²) in [4.78, 5) is 28.5. The number of rotatable bonds is 3. The van der Waals surface area contributed by atoms with E-state index in [0.717, 1.165) is 21.3 Å². The summed E-state index contributed by atoms with van der Waals surface area (Å²) in [6.07, 6.45) is 2.53. The van der Waals surface area contributed by atoms with Gasteiger partial charge < -0.3 is 0 Å². The molecule has 2 aromatic carbocycles. The van der Waals surface area contributed by atoms with Crippen molar-refractivity contribution in [1.29, 1.82) is 0 Å². The van der Waals surface area contributed by atoms with Crippen LogP contribution in [0.25, 0.3) is 0 Å². The van der Waals surface area contributed by atoms with Crippen molar-refractivity contribution in [3.05, 3.63) is 76.5 Å². The number of hydrogen-bond acceptors (Lipinski definition) is 3. The maximum Gasteiger partial charge on any atom is 0.340 e. The molecule has 2 aromatic rings. The number of benzene rings is 2. The van der Waals surface area contributed by atoms with Crippen LogP contribution in [-0.2, 0) is 11.3 Å². The number of fused-ring (bicyclic) bond motifs is 1. The van der Waals surface area contributed by atoms with Crippen LogP contribution in [0.1, 0.15) is 11.1 Å². The van der Waals surface area contributed by atoms with Crippen molar-refractivity contribution in [1.82, 2.24) is 15.3 Å². The van der Waals surface area contributed by atoms with Crippen LogP contribution in [0, 0.1) is 6.92 Å². The molecule has 1 atom stereocenters. The van der Waals surface area contributed by atoms with E-state index in [2.05, 4.69) is 21.4 Å². The smallest absolute Gasteiger partial charge is 0.283 e. The highest BCUT2D eigenvalue weighted by Crippen LogP contribution is 2.26. The number of carbonyl (C=O) groups excluding carboxylic acids is 2. The number of carbonyl (C=O) groups is 2. The first kappa shape index (κ1) is 16.8. The Morgan fingerprint density at radius 2 is 1.77 bits per heavy atom. The van der Waals surface area contributed by atoms with Crippen molar-refractivity contribution >= 4 is 33.6 Å². The van der Waals surface area contributed by atoms with Crippen LogP contribution in [0.2, 0.25) is 0 Å². The molecule has 4 rings (SSSR count). The van der Waals surface area contributed by atoms with Crippen molar-refractivity contribution in [2.45, 2.75) is 19.6 Å². The molecule has 132 valence electrons. The molecule has 1 N–H and O–H groups in total. The summed E-state index contributed by atoms with van der Waals surface area (Å²) >= 11 is 3.39. The van der Waals surface area contributed by atoms with Crippen molar-refractivity contribution in [3.8, 4) is 0 Å². The van der Waals surface area contributed by atoms with E-state index in [1.54, 1.807) is 17.3 Å². The first-order chi connectivity index (χ1) is 12.5. The maximum absolute atomic E-state index is 12.9. The monoisotopic (exact) mass is 412 g/mol. The summed E-state index contributed by atoms with van der Waals surface area (Å²) < 4.78 is 0.940. The quantitative estimate of drug-likeness (QED) is 0.840. The molecule has 0 saturated carbocycles. The third kappa shape index (κ3) is 2.89. The molecule has 2 aliphatic heterocycles. The lowest BCUT2D eigenvalue weighted by molar-refractivity contribution is -0.122. The van der Waals surface area contributed by atoms with Crippen LogP contribution in [0.3, 0.4) is 0 Å². The molecular weight excluding hydrogens is 396 g/mol. The van der Waals surface area contributed by atoms with E-state index in [1.807, 2.05) is 55.5 Å². The minimum atomic E-state index is -0.736. The van der Waals surface area contributed by atoms with Crippen LogP contribution in [0.5, 0.6) is 0 Å². The van der Waals surface area contributed by atoms with Crippen LogP contribution < -0.4 is 10.3 Å². The van der Waals surface area contributed by atoms with Gasteiger partial charge in [0.05, 0.1) is 6.54 Å². The predicted molar refractivity (Wildman–Crippen MR) is 102 cm³/mol. The Kier molecular flexibility index (Phi) is 4.26. The average molecular weight is 413 g/mol. The molecule has 6 nitrogen and oxygen atoms in total. The standard InChI is InChI=1S/C19H17BrN4O2/c1-13-4-2-3-5-14(13)12-24-19(26)23-11-10-22(18(25)17(23)21-24)16-8-6-15(20)7-9-16/h2-11,17,21H,12H2,1H3. The number of hydrazine groups is 1. The van der Waals surface area contributed by atoms with Gasteiger partial charge in [0, 0.05) is 22.6 Å². The van der Waals surface area contributed by atoms with Gasteiger partial charge in [-0.2, -0.15) is 5.43 Å². The van der Waals surface area contributed by atoms with Gasteiger partial charge in [0.1, 0.15) is 0 Å². The van der Waals surface area contributed by atoms with Gasteiger partial charge in [-0.05, 0) is 42.3 Å². The molecule has 1 saturated heterocycles. The molecule has 1 unspecified atom stereocenters. The second-order valence-electron chi connectivity index (χ2n) is 6.22. The number of hydrogen-bond donors (Lipinski definition) is 1. The van der Waals surface area contributed by atoms with Gasteiger partial charge in [0.2, 0.25) is 0 Å². The lowest BCUT2D eigenvalue weighted by Gasteiger charge is -2.29. The van der Waals surface area contributed by atoms with Gasteiger partial charge in [0.25, 0.3) is 5.91 Å². The molecule has 0 aliphatic carbocycles. The van der Waals surface area contributed by atoms with E-state index in [9.17, 15) is 9.59 Å². The van der Waals surface area contributed by atoms with Crippen LogP contribution in [0.4, 0.5) is 10.5 Å². The Morgan fingerprint density at radius 3 is 2.50 bits per heavy atom. The highest BCUT2D eigenvalue weighted by molar-refractivity contribution is 9.10. The lowest BCUT2D eigenvalue weighted by atomic mass is 10.1. The number of aryl methyl sites for hydroxylation is 1. The Labute approximate surface area is 159 Å². The van der Waals surface area contributed by atoms with E-state index < -0.39 is 6.17 Å². The molecular formula is C19H17BrN4O2. The predicted octanol–water partition coefficient (Wildman–Crippen LogP) is 3.34. The second kappa shape index (κ2) is 6.59. The summed E-state index contributed by atoms with van der Waals surface area (Å²) in [7, 11) is 0. The molecule has 2 aliphatic rings. The third-order valence-electron chi connectivity index (χ3n) is 4.55. The minimum Gasteiger partial charge on any atom is -0.283 e. The zero-order valence-corrected chi connectivity index (χ0v) is 15.7. The molecule has 7 heteroatoms. The van der Waals surface area contributed by atoms with Crippen molar-refractivity contribution < 1.29 is 9.59 Å². The number of halogens is 1. The molecule has 2 heterocycles. The summed E-state index contributed by atoms with van der Waals surface area (Å²) in [5, 5.41) is 1.49. The highest BCUT2D eigenvalue weighted by atomic mass is 79.9. The fourth-order valence-corrected chi connectivity index (χ4v) is 3.33. The Morgan fingerprint density at radius 1 is 1.04 bits per heavy atom. The molecule has 0 spiro atoms. The van der Waals surface area contributed by atoms with E-state index in [1.165, 1.54) is 9.91 Å². The van der Waals surface area contributed by atoms with E-state index in [0.29, 0.717) is 6.54 Å². The Hall–Kier alpha value is -2.64. The van der Waals surface area contributed by atoms with Crippen molar-refractivity contribution in [3.63, 3.8) is 0 Å². The highest BCUT2D eigenvalue weighted by Gasteiger charge is 2.44. The fraction of sp³-hybridized carbons (Fsp3) is 0.158.